The van der Waals surface area contributed by atoms with Gasteiger partial charge in [-0.3, -0.25) is 0 Å². The second-order valence-electron chi connectivity index (χ2n) is 18.5. The fraction of sp³-hybridized carbons (Fsp3) is 0.367. The van der Waals surface area contributed by atoms with Crippen molar-refractivity contribution >= 4 is 11.9 Å². The molecule has 0 amide bonds. The van der Waals surface area contributed by atoms with Gasteiger partial charge in [0, 0.05) is 5.92 Å². The monoisotopic (exact) mass is 850 g/mol. The Balaban J connectivity index is 0.954. The number of aryl methyl sites for hydroxylation is 4. The molecule has 0 bridgehead atoms. The first-order chi connectivity index (χ1) is 31.3. The van der Waals surface area contributed by atoms with Gasteiger partial charge in [0.25, 0.3) is 0 Å². The number of benzene rings is 6. The summed E-state index contributed by atoms with van der Waals surface area (Å²) in [5.74, 6) is -0.446. The molecular weight excluding hydrogens is 785 g/mol. The second-order valence-corrected chi connectivity index (χ2v) is 18.5. The summed E-state index contributed by atoms with van der Waals surface area (Å²) in [5, 5.41) is 0. The van der Waals surface area contributed by atoms with Crippen molar-refractivity contribution in [2.45, 2.75) is 136 Å². The van der Waals surface area contributed by atoms with Crippen molar-refractivity contribution in [3.63, 3.8) is 0 Å². The molecule has 4 heteroatoms. The highest BCUT2D eigenvalue weighted by Gasteiger charge is 2.45. The number of carbonyl (C=O) groups is 2. The first-order valence-corrected chi connectivity index (χ1v) is 24.3. The molecule has 0 saturated carbocycles. The summed E-state index contributed by atoms with van der Waals surface area (Å²) >= 11 is 0. The third kappa shape index (κ3) is 10.4. The van der Waals surface area contributed by atoms with E-state index in [0.717, 1.165) is 46.2 Å². The number of hydrogen-bond acceptors (Lipinski definition) is 4. The number of rotatable bonds is 18. The molecule has 0 unspecified atom stereocenters. The molecule has 330 valence electrons. The van der Waals surface area contributed by atoms with Crippen LogP contribution in [0.1, 0.15) is 174 Å². The summed E-state index contributed by atoms with van der Waals surface area (Å²) in [6.07, 6.45) is 15.5. The van der Waals surface area contributed by atoms with Crippen molar-refractivity contribution in [2.75, 3.05) is 0 Å². The lowest BCUT2D eigenvalue weighted by molar-refractivity contribution is 0.00378. The van der Waals surface area contributed by atoms with Crippen LogP contribution in [0.3, 0.4) is 0 Å². The van der Waals surface area contributed by atoms with Gasteiger partial charge in [0.2, 0.25) is 0 Å². The van der Waals surface area contributed by atoms with E-state index in [9.17, 15) is 9.59 Å². The average molecular weight is 851 g/mol. The topological polar surface area (TPSA) is 52.6 Å². The van der Waals surface area contributed by atoms with Gasteiger partial charge in [-0.2, -0.15) is 0 Å². The Hall–Kier alpha value is -5.74. The highest BCUT2D eigenvalue weighted by atomic mass is 16.5. The highest BCUT2D eigenvalue weighted by molar-refractivity contribution is 5.91. The lowest BCUT2D eigenvalue weighted by Crippen LogP contribution is -2.34. The van der Waals surface area contributed by atoms with Crippen LogP contribution in [0.2, 0.25) is 0 Å². The van der Waals surface area contributed by atoms with E-state index in [4.69, 9.17) is 9.47 Å². The highest BCUT2D eigenvalue weighted by Crippen LogP contribution is 2.56. The Kier molecular flexibility index (Phi) is 14.9. The van der Waals surface area contributed by atoms with E-state index >= 15 is 0 Å². The van der Waals surface area contributed by atoms with E-state index in [1.54, 1.807) is 0 Å². The third-order valence-corrected chi connectivity index (χ3v) is 14.0. The van der Waals surface area contributed by atoms with Gasteiger partial charge < -0.3 is 9.47 Å². The average Bonchev–Trinajstić information content (AvgIpc) is 3.32. The zero-order chi connectivity index (χ0) is 44.4. The molecule has 0 N–H and O–H groups in total. The molecule has 2 atom stereocenters. The maximum atomic E-state index is 14.0. The lowest BCUT2D eigenvalue weighted by atomic mass is 9.62. The van der Waals surface area contributed by atoms with Gasteiger partial charge >= 0.3 is 11.9 Å². The first kappa shape index (κ1) is 44.9. The molecule has 0 heterocycles. The molecular formula is C60H66O4. The van der Waals surface area contributed by atoms with Crippen LogP contribution >= 0.6 is 0 Å². The second kappa shape index (κ2) is 21.3. The SMILES string of the molecule is CCCCCCCc1ccc(-c2ccc(C(=O)O[C@H]3CC4C[C@H](OC(=O)c5ccc(-c6ccc(CCCCCCC)cc6)cc5)c5cccc(C)c5C4c4c(C)cccc43)cc2)cc1. The molecule has 2 aliphatic carbocycles. The van der Waals surface area contributed by atoms with Crippen LogP contribution in [0.25, 0.3) is 22.3 Å². The zero-order valence-electron chi connectivity index (χ0n) is 38.5. The number of carbonyl (C=O) groups excluding carboxylic acids is 2. The van der Waals surface area contributed by atoms with Crippen LogP contribution in [0.4, 0.5) is 0 Å². The summed E-state index contributed by atoms with van der Waals surface area (Å²) in [7, 11) is 0. The van der Waals surface area contributed by atoms with Gasteiger partial charge in [0.1, 0.15) is 12.2 Å². The number of esters is 2. The number of ether oxygens (including phenoxy) is 2. The van der Waals surface area contributed by atoms with Gasteiger partial charge in [0.15, 0.2) is 0 Å². The summed E-state index contributed by atoms with van der Waals surface area (Å²) in [6.45, 7) is 8.83. The van der Waals surface area contributed by atoms with E-state index in [0.29, 0.717) is 24.0 Å². The number of fused-ring (bicyclic) bond motifs is 5. The maximum absolute atomic E-state index is 14.0. The normalized spacial score (nSPS) is 17.5. The molecule has 0 spiro atoms. The Morgan fingerprint density at radius 2 is 0.812 bits per heavy atom. The maximum Gasteiger partial charge on any atom is 0.338 e. The lowest BCUT2D eigenvalue weighted by Gasteiger charge is -2.45. The third-order valence-electron chi connectivity index (χ3n) is 14.0. The molecule has 6 aromatic carbocycles. The standard InChI is InChI=1S/C60H66O4/c1-5-7-9-11-13-19-43-23-27-45(28-24-43)47-31-35-49(36-32-47)59(61)63-54-39-51-40-55(53-22-16-18-42(4)57(53)58(51)56-41(3)17-15-21-52(54)56)64-60(62)50-37-33-48(34-38-50)46-29-25-44(26-30-46)20-14-12-10-8-6-2/h15-18,21-38,51,54-55,58H,5-14,19-20,39-40H2,1-4H3/t51?,54-,55-,58?/m0/s1. The molecule has 64 heavy (non-hydrogen) atoms. The quantitative estimate of drug-likeness (QED) is 0.0638. The van der Waals surface area contributed by atoms with E-state index in [-0.39, 0.29) is 23.8 Å². The molecule has 0 radical (unpaired) electrons. The van der Waals surface area contributed by atoms with Crippen LogP contribution < -0.4 is 0 Å². The van der Waals surface area contributed by atoms with Crippen LogP contribution in [-0.2, 0) is 22.3 Å². The van der Waals surface area contributed by atoms with E-state index in [2.05, 4.69) is 113 Å². The fourth-order valence-corrected chi connectivity index (χ4v) is 10.4. The summed E-state index contributed by atoms with van der Waals surface area (Å²) in [5.41, 5.74) is 15.2. The van der Waals surface area contributed by atoms with Crippen LogP contribution in [0, 0.1) is 19.8 Å². The van der Waals surface area contributed by atoms with Crippen molar-refractivity contribution in [3.8, 4) is 22.3 Å². The molecule has 4 nitrogen and oxygen atoms in total. The summed E-state index contributed by atoms with van der Waals surface area (Å²) in [6, 6.07) is 46.1. The molecule has 6 aromatic rings. The van der Waals surface area contributed by atoms with Gasteiger partial charge in [-0.15, -0.1) is 0 Å². The van der Waals surface area contributed by atoms with E-state index in [1.165, 1.54) is 97.6 Å². The minimum absolute atomic E-state index is 0.0983. The van der Waals surface area contributed by atoms with Gasteiger partial charge in [-0.1, -0.05) is 174 Å². The largest absolute Gasteiger partial charge is 0.454 e. The Labute approximate surface area is 382 Å². The molecule has 0 aliphatic heterocycles. The van der Waals surface area contributed by atoms with Crippen molar-refractivity contribution in [2.24, 2.45) is 5.92 Å². The van der Waals surface area contributed by atoms with Crippen molar-refractivity contribution < 1.29 is 19.1 Å². The predicted octanol–water partition coefficient (Wildman–Crippen LogP) is 16.0. The summed E-state index contributed by atoms with van der Waals surface area (Å²) in [4.78, 5) is 27.9. The molecule has 2 aliphatic rings. The minimum atomic E-state index is -0.424. The summed E-state index contributed by atoms with van der Waals surface area (Å²) < 4.78 is 12.9. The van der Waals surface area contributed by atoms with Crippen molar-refractivity contribution in [3.05, 3.63) is 189 Å². The van der Waals surface area contributed by atoms with Crippen molar-refractivity contribution in [1.82, 2.24) is 0 Å². The molecule has 0 saturated heterocycles. The Morgan fingerprint density at radius 3 is 1.19 bits per heavy atom. The van der Waals surface area contributed by atoms with Crippen LogP contribution in [0.5, 0.6) is 0 Å². The Morgan fingerprint density at radius 1 is 0.453 bits per heavy atom. The van der Waals surface area contributed by atoms with E-state index < -0.39 is 12.2 Å². The molecule has 8 rings (SSSR count). The van der Waals surface area contributed by atoms with Crippen molar-refractivity contribution in [1.29, 1.82) is 0 Å². The Bertz CT molecular complexity index is 2300. The minimum Gasteiger partial charge on any atom is -0.454 e. The predicted molar refractivity (Wildman–Crippen MR) is 262 cm³/mol. The first-order valence-electron chi connectivity index (χ1n) is 24.3. The van der Waals surface area contributed by atoms with Gasteiger partial charge in [-0.05, 0) is 149 Å². The number of hydrogen-bond donors (Lipinski definition) is 0. The van der Waals surface area contributed by atoms with Gasteiger partial charge in [-0.25, -0.2) is 9.59 Å². The number of unbranched alkanes of at least 4 members (excludes halogenated alkanes) is 8. The molecule has 0 fully saturated rings. The smallest absolute Gasteiger partial charge is 0.338 e. The van der Waals surface area contributed by atoms with Crippen LogP contribution in [-0.4, -0.2) is 11.9 Å². The van der Waals surface area contributed by atoms with Gasteiger partial charge in [0.05, 0.1) is 11.1 Å². The fourth-order valence-electron chi connectivity index (χ4n) is 10.4. The van der Waals surface area contributed by atoms with E-state index in [1.807, 2.05) is 48.5 Å². The zero-order valence-corrected chi connectivity index (χ0v) is 38.5. The molecule has 0 aromatic heterocycles. The van der Waals surface area contributed by atoms with Crippen LogP contribution in [0.15, 0.2) is 133 Å².